The minimum atomic E-state index is -0.112. The maximum atomic E-state index is 11.9. The number of rotatable bonds is 2. The van der Waals surface area contributed by atoms with E-state index in [0.717, 1.165) is 16.9 Å². The van der Waals surface area contributed by atoms with Gasteiger partial charge in [-0.25, -0.2) is 4.98 Å². The largest absolute Gasteiger partial charge is 0.496 e. The Kier molecular flexibility index (Phi) is 2.99. The van der Waals surface area contributed by atoms with Crippen molar-refractivity contribution < 1.29 is 4.74 Å². The quantitative estimate of drug-likeness (QED) is 0.776. The molecule has 0 aliphatic carbocycles. The van der Waals surface area contributed by atoms with Crippen LogP contribution in [-0.4, -0.2) is 17.1 Å². The molecule has 1 N–H and O–H groups in total. The Labute approximate surface area is 116 Å². The molecule has 4 heteroatoms. The number of aryl methyl sites for hydroxylation is 1. The van der Waals surface area contributed by atoms with E-state index in [2.05, 4.69) is 9.97 Å². The number of aromatic amines is 1. The maximum absolute atomic E-state index is 11.9. The zero-order chi connectivity index (χ0) is 14.1. The number of fused-ring (bicyclic) bond motifs is 1. The summed E-state index contributed by atoms with van der Waals surface area (Å²) in [5, 5.41) is 0.592. The number of benzene rings is 2. The number of hydrogen-bond donors (Lipinski definition) is 1. The number of nitrogens with one attached hydrogen (secondary N) is 1. The highest BCUT2D eigenvalue weighted by atomic mass is 16.5. The van der Waals surface area contributed by atoms with Gasteiger partial charge in [0.2, 0.25) is 0 Å². The molecular weight excluding hydrogens is 252 g/mol. The fourth-order valence-electron chi connectivity index (χ4n) is 2.31. The lowest BCUT2D eigenvalue weighted by Gasteiger charge is -2.09. The van der Waals surface area contributed by atoms with Gasteiger partial charge in [0.25, 0.3) is 5.56 Å². The average molecular weight is 266 g/mol. The number of ether oxygens (including phenoxy) is 1. The van der Waals surface area contributed by atoms with Gasteiger partial charge in [0.15, 0.2) is 0 Å². The molecule has 0 fully saturated rings. The number of para-hydroxylation sites is 1. The molecule has 0 saturated heterocycles. The first kappa shape index (κ1) is 12.4. The monoisotopic (exact) mass is 266 g/mol. The normalized spacial score (nSPS) is 10.7. The minimum absolute atomic E-state index is 0.112. The lowest BCUT2D eigenvalue weighted by Crippen LogP contribution is -2.09. The first-order valence-corrected chi connectivity index (χ1v) is 6.33. The van der Waals surface area contributed by atoms with Gasteiger partial charge in [-0.3, -0.25) is 4.79 Å². The summed E-state index contributed by atoms with van der Waals surface area (Å²) in [6.07, 6.45) is 0. The molecule has 0 amide bonds. The van der Waals surface area contributed by atoms with E-state index in [1.807, 2.05) is 36.4 Å². The Balaban J connectivity index is 2.25. The molecule has 4 nitrogen and oxygen atoms in total. The molecule has 3 rings (SSSR count). The number of H-pyrrole nitrogens is 1. The lowest BCUT2D eigenvalue weighted by atomic mass is 10.0. The summed E-state index contributed by atoms with van der Waals surface area (Å²) in [4.78, 5) is 18.9. The van der Waals surface area contributed by atoms with Gasteiger partial charge in [0, 0.05) is 5.56 Å². The Hall–Kier alpha value is -2.62. The minimum Gasteiger partial charge on any atom is -0.496 e. The van der Waals surface area contributed by atoms with Crippen LogP contribution in [-0.2, 0) is 0 Å². The summed E-state index contributed by atoms with van der Waals surface area (Å²) in [5.41, 5.74) is 2.54. The Morgan fingerprint density at radius 2 is 1.95 bits per heavy atom. The van der Waals surface area contributed by atoms with Crippen molar-refractivity contribution in [2.75, 3.05) is 7.11 Å². The van der Waals surface area contributed by atoms with Crippen LogP contribution >= 0.6 is 0 Å². The molecule has 1 aromatic heterocycles. The number of nitrogens with zero attached hydrogens (tertiary/aromatic N) is 1. The van der Waals surface area contributed by atoms with Crippen molar-refractivity contribution >= 4 is 10.9 Å². The van der Waals surface area contributed by atoms with E-state index in [1.54, 1.807) is 20.1 Å². The molecule has 3 aromatic rings. The van der Waals surface area contributed by atoms with Crippen LogP contribution in [0, 0.1) is 6.92 Å². The third-order valence-electron chi connectivity index (χ3n) is 3.24. The van der Waals surface area contributed by atoms with Gasteiger partial charge < -0.3 is 9.72 Å². The van der Waals surface area contributed by atoms with E-state index in [4.69, 9.17) is 4.74 Å². The lowest BCUT2D eigenvalue weighted by molar-refractivity contribution is 0.416. The summed E-state index contributed by atoms with van der Waals surface area (Å²) in [7, 11) is 1.65. The predicted octanol–water partition coefficient (Wildman–Crippen LogP) is 2.91. The van der Waals surface area contributed by atoms with Crippen LogP contribution in [0.1, 0.15) is 5.82 Å². The smallest absolute Gasteiger partial charge is 0.258 e. The van der Waals surface area contributed by atoms with Gasteiger partial charge >= 0.3 is 0 Å². The van der Waals surface area contributed by atoms with E-state index >= 15 is 0 Å². The molecule has 100 valence electrons. The standard InChI is InChI=1S/C16H14N2O2/c1-10-17-14-9-11(7-8-13(14)16(19)18-10)12-5-3-4-6-15(12)20-2/h3-9H,1-2H3,(H,17,18,19). The second kappa shape index (κ2) is 4.81. The van der Waals surface area contributed by atoms with Gasteiger partial charge in [-0.05, 0) is 30.7 Å². The molecular formula is C16H14N2O2. The van der Waals surface area contributed by atoms with E-state index in [1.165, 1.54) is 0 Å². The molecule has 2 aromatic carbocycles. The Bertz CT molecular complexity index is 837. The van der Waals surface area contributed by atoms with Crippen LogP contribution in [0.2, 0.25) is 0 Å². The van der Waals surface area contributed by atoms with E-state index in [0.29, 0.717) is 16.7 Å². The van der Waals surface area contributed by atoms with Crippen LogP contribution in [0.3, 0.4) is 0 Å². The summed E-state index contributed by atoms with van der Waals surface area (Å²) in [5.74, 6) is 1.41. The SMILES string of the molecule is COc1ccccc1-c1ccc2c(=O)[nH]c(C)nc2c1. The van der Waals surface area contributed by atoms with Crippen LogP contribution in [0.5, 0.6) is 5.75 Å². The first-order valence-electron chi connectivity index (χ1n) is 6.33. The summed E-state index contributed by atoms with van der Waals surface area (Å²) in [6.45, 7) is 1.77. The molecule has 20 heavy (non-hydrogen) atoms. The fraction of sp³-hybridized carbons (Fsp3) is 0.125. The molecule has 1 heterocycles. The van der Waals surface area contributed by atoms with Gasteiger partial charge in [0.1, 0.15) is 11.6 Å². The zero-order valence-corrected chi connectivity index (χ0v) is 11.3. The number of aromatic nitrogens is 2. The van der Waals surface area contributed by atoms with Crippen molar-refractivity contribution in [3.8, 4) is 16.9 Å². The van der Waals surface area contributed by atoms with Crippen molar-refractivity contribution in [3.63, 3.8) is 0 Å². The van der Waals surface area contributed by atoms with Crippen molar-refractivity contribution in [2.45, 2.75) is 6.92 Å². The van der Waals surface area contributed by atoms with Crippen molar-refractivity contribution in [1.29, 1.82) is 0 Å². The third-order valence-corrected chi connectivity index (χ3v) is 3.24. The van der Waals surface area contributed by atoms with E-state index < -0.39 is 0 Å². The first-order chi connectivity index (χ1) is 9.69. The van der Waals surface area contributed by atoms with Gasteiger partial charge in [-0.1, -0.05) is 24.3 Å². The molecule has 0 aliphatic heterocycles. The number of hydrogen-bond acceptors (Lipinski definition) is 3. The van der Waals surface area contributed by atoms with Crippen LogP contribution < -0.4 is 10.3 Å². The van der Waals surface area contributed by atoms with Gasteiger partial charge in [-0.15, -0.1) is 0 Å². The summed E-state index contributed by atoms with van der Waals surface area (Å²) >= 11 is 0. The van der Waals surface area contributed by atoms with E-state index in [9.17, 15) is 4.79 Å². The molecule has 0 atom stereocenters. The highest BCUT2D eigenvalue weighted by Gasteiger charge is 2.08. The highest BCUT2D eigenvalue weighted by Crippen LogP contribution is 2.30. The Morgan fingerprint density at radius 3 is 2.75 bits per heavy atom. The van der Waals surface area contributed by atoms with Crippen molar-refractivity contribution in [2.24, 2.45) is 0 Å². The molecule has 0 spiro atoms. The maximum Gasteiger partial charge on any atom is 0.258 e. The second-order valence-electron chi connectivity index (χ2n) is 4.58. The third kappa shape index (κ3) is 2.05. The number of methoxy groups -OCH3 is 1. The highest BCUT2D eigenvalue weighted by molar-refractivity contribution is 5.84. The van der Waals surface area contributed by atoms with Gasteiger partial charge in [0.05, 0.1) is 18.0 Å². The Morgan fingerprint density at radius 1 is 1.15 bits per heavy atom. The van der Waals surface area contributed by atoms with E-state index in [-0.39, 0.29) is 5.56 Å². The second-order valence-corrected chi connectivity index (χ2v) is 4.58. The zero-order valence-electron chi connectivity index (χ0n) is 11.3. The predicted molar refractivity (Wildman–Crippen MR) is 79.1 cm³/mol. The summed E-state index contributed by atoms with van der Waals surface area (Å²) in [6, 6.07) is 13.4. The molecule has 0 radical (unpaired) electrons. The summed E-state index contributed by atoms with van der Waals surface area (Å²) < 4.78 is 5.37. The van der Waals surface area contributed by atoms with Crippen LogP contribution in [0.25, 0.3) is 22.0 Å². The van der Waals surface area contributed by atoms with Crippen molar-refractivity contribution in [1.82, 2.24) is 9.97 Å². The molecule has 0 bridgehead atoms. The molecule has 0 unspecified atom stereocenters. The molecule has 0 saturated carbocycles. The van der Waals surface area contributed by atoms with Crippen LogP contribution in [0.15, 0.2) is 47.3 Å². The van der Waals surface area contributed by atoms with Gasteiger partial charge in [-0.2, -0.15) is 0 Å². The fourth-order valence-corrected chi connectivity index (χ4v) is 2.31. The molecule has 0 aliphatic rings. The van der Waals surface area contributed by atoms with Crippen LogP contribution in [0.4, 0.5) is 0 Å². The van der Waals surface area contributed by atoms with Crippen molar-refractivity contribution in [3.05, 3.63) is 58.6 Å². The topological polar surface area (TPSA) is 55.0 Å². The average Bonchev–Trinajstić information content (AvgIpc) is 2.46.